The van der Waals surface area contributed by atoms with Crippen LogP contribution in [0.2, 0.25) is 0 Å². The van der Waals surface area contributed by atoms with Crippen LogP contribution in [0.15, 0.2) is 18.2 Å². The van der Waals surface area contributed by atoms with Gasteiger partial charge in [0, 0.05) is 31.4 Å². The van der Waals surface area contributed by atoms with Gasteiger partial charge in [-0.05, 0) is 48.9 Å². The first-order chi connectivity index (χ1) is 8.93. The van der Waals surface area contributed by atoms with Gasteiger partial charge in [-0.1, -0.05) is 13.8 Å². The fourth-order valence-corrected chi connectivity index (χ4v) is 2.83. The molecule has 1 aromatic rings. The molecule has 1 aliphatic rings. The summed E-state index contributed by atoms with van der Waals surface area (Å²) in [4.78, 5) is 14.6. The van der Waals surface area contributed by atoms with Crippen molar-refractivity contribution in [2.75, 3.05) is 25.5 Å². The Labute approximate surface area is 116 Å². The fraction of sp³-hybridized carbons (Fsp3) is 0.562. The maximum atomic E-state index is 12.6. The third-order valence-corrected chi connectivity index (χ3v) is 3.93. The van der Waals surface area contributed by atoms with Gasteiger partial charge in [0.05, 0.1) is 0 Å². The molecule has 3 heteroatoms. The van der Waals surface area contributed by atoms with E-state index in [9.17, 15) is 4.79 Å². The van der Waals surface area contributed by atoms with Crippen molar-refractivity contribution >= 4 is 11.6 Å². The molecule has 0 unspecified atom stereocenters. The first-order valence-corrected chi connectivity index (χ1v) is 7.01. The smallest absolute Gasteiger partial charge is 0.254 e. The van der Waals surface area contributed by atoms with Gasteiger partial charge in [-0.15, -0.1) is 0 Å². The van der Waals surface area contributed by atoms with Crippen molar-refractivity contribution in [3.05, 3.63) is 29.3 Å². The maximum Gasteiger partial charge on any atom is 0.254 e. The van der Waals surface area contributed by atoms with E-state index in [0.717, 1.165) is 36.3 Å². The number of anilines is 1. The minimum Gasteiger partial charge on any atom is -0.388 e. The van der Waals surface area contributed by atoms with Crippen molar-refractivity contribution in [3.8, 4) is 0 Å². The fourth-order valence-electron chi connectivity index (χ4n) is 2.83. The number of amides is 1. The van der Waals surface area contributed by atoms with Gasteiger partial charge >= 0.3 is 0 Å². The van der Waals surface area contributed by atoms with Gasteiger partial charge in [0.25, 0.3) is 5.91 Å². The van der Waals surface area contributed by atoms with Gasteiger partial charge in [0.2, 0.25) is 0 Å². The van der Waals surface area contributed by atoms with E-state index in [-0.39, 0.29) is 11.3 Å². The van der Waals surface area contributed by atoms with E-state index < -0.39 is 0 Å². The second-order valence-electron chi connectivity index (χ2n) is 6.27. The van der Waals surface area contributed by atoms with Crippen LogP contribution in [0, 0.1) is 12.3 Å². The monoisotopic (exact) mass is 260 g/mol. The minimum absolute atomic E-state index is 0.174. The third kappa shape index (κ3) is 3.09. The van der Waals surface area contributed by atoms with Crippen molar-refractivity contribution in [2.45, 2.75) is 33.6 Å². The Morgan fingerprint density at radius 1 is 1.37 bits per heavy atom. The van der Waals surface area contributed by atoms with E-state index in [1.54, 1.807) is 0 Å². The summed E-state index contributed by atoms with van der Waals surface area (Å²) in [6.45, 7) is 8.23. The van der Waals surface area contributed by atoms with Crippen LogP contribution in [0.1, 0.15) is 42.6 Å². The zero-order valence-corrected chi connectivity index (χ0v) is 12.4. The van der Waals surface area contributed by atoms with Gasteiger partial charge < -0.3 is 10.2 Å². The minimum atomic E-state index is 0.174. The topological polar surface area (TPSA) is 32.3 Å². The van der Waals surface area contributed by atoms with Crippen molar-refractivity contribution in [2.24, 2.45) is 5.41 Å². The van der Waals surface area contributed by atoms with Crippen LogP contribution in [0.25, 0.3) is 0 Å². The van der Waals surface area contributed by atoms with E-state index >= 15 is 0 Å². The average Bonchev–Trinajstić information content (AvgIpc) is 2.36. The molecular weight excluding hydrogens is 236 g/mol. The van der Waals surface area contributed by atoms with Crippen molar-refractivity contribution in [1.82, 2.24) is 4.90 Å². The molecule has 0 aromatic heterocycles. The number of carbonyl (C=O) groups is 1. The molecule has 0 bridgehead atoms. The highest BCUT2D eigenvalue weighted by Crippen LogP contribution is 2.29. The van der Waals surface area contributed by atoms with Crippen LogP contribution in [-0.2, 0) is 0 Å². The Hall–Kier alpha value is -1.51. The molecular formula is C16H24N2O. The first-order valence-electron chi connectivity index (χ1n) is 7.01. The summed E-state index contributed by atoms with van der Waals surface area (Å²) in [6, 6.07) is 5.93. The summed E-state index contributed by atoms with van der Waals surface area (Å²) in [5.74, 6) is 0.174. The van der Waals surface area contributed by atoms with E-state index in [2.05, 4.69) is 19.2 Å². The molecule has 0 atom stereocenters. The summed E-state index contributed by atoms with van der Waals surface area (Å²) < 4.78 is 0. The number of hydrogen-bond donors (Lipinski definition) is 1. The summed E-state index contributed by atoms with van der Waals surface area (Å²) in [5, 5.41) is 3.10. The lowest BCUT2D eigenvalue weighted by Gasteiger charge is -2.38. The molecule has 1 amide bonds. The second kappa shape index (κ2) is 5.24. The number of rotatable bonds is 2. The Kier molecular flexibility index (Phi) is 3.83. The second-order valence-corrected chi connectivity index (χ2v) is 6.27. The molecule has 0 aliphatic carbocycles. The molecule has 1 aliphatic heterocycles. The molecule has 1 aromatic carbocycles. The number of benzene rings is 1. The Morgan fingerprint density at radius 2 is 2.11 bits per heavy atom. The Balaban J connectivity index is 2.20. The number of carbonyl (C=O) groups excluding carboxylic acids is 1. The summed E-state index contributed by atoms with van der Waals surface area (Å²) in [6.07, 6.45) is 2.31. The van der Waals surface area contributed by atoms with Crippen LogP contribution in [0.4, 0.5) is 5.69 Å². The number of likely N-dealkylation sites (tertiary alicyclic amines) is 1. The molecule has 3 nitrogen and oxygen atoms in total. The van der Waals surface area contributed by atoms with Crippen LogP contribution in [-0.4, -0.2) is 30.9 Å². The number of nitrogens with zero attached hydrogens (tertiary/aromatic N) is 1. The zero-order valence-electron chi connectivity index (χ0n) is 12.4. The molecule has 0 radical (unpaired) electrons. The van der Waals surface area contributed by atoms with Crippen LogP contribution >= 0.6 is 0 Å². The highest BCUT2D eigenvalue weighted by Gasteiger charge is 2.29. The highest BCUT2D eigenvalue weighted by molar-refractivity contribution is 5.96. The van der Waals surface area contributed by atoms with E-state index in [1.165, 1.54) is 6.42 Å². The molecule has 1 saturated heterocycles. The quantitative estimate of drug-likeness (QED) is 0.885. The summed E-state index contributed by atoms with van der Waals surface area (Å²) in [5.41, 5.74) is 3.16. The maximum absolute atomic E-state index is 12.6. The molecule has 1 heterocycles. The standard InChI is InChI=1S/C16H24N2O/c1-12-10-13(17-4)6-7-14(12)15(19)18-9-5-8-16(2,3)11-18/h6-7,10,17H,5,8-9,11H2,1-4H3. The third-order valence-electron chi connectivity index (χ3n) is 3.93. The lowest BCUT2D eigenvalue weighted by molar-refractivity contribution is 0.0582. The van der Waals surface area contributed by atoms with Crippen LogP contribution < -0.4 is 5.32 Å². The zero-order chi connectivity index (χ0) is 14.0. The largest absolute Gasteiger partial charge is 0.388 e. The highest BCUT2D eigenvalue weighted by atomic mass is 16.2. The molecule has 1 fully saturated rings. The predicted octanol–water partition coefficient (Wildman–Crippen LogP) is 3.30. The van der Waals surface area contributed by atoms with Gasteiger partial charge in [-0.25, -0.2) is 0 Å². The normalized spacial score (nSPS) is 18.2. The number of hydrogen-bond acceptors (Lipinski definition) is 2. The Morgan fingerprint density at radius 3 is 2.68 bits per heavy atom. The molecule has 2 rings (SSSR count). The summed E-state index contributed by atoms with van der Waals surface area (Å²) >= 11 is 0. The van der Waals surface area contributed by atoms with Gasteiger partial charge in [0.1, 0.15) is 0 Å². The number of piperidine rings is 1. The summed E-state index contributed by atoms with van der Waals surface area (Å²) in [7, 11) is 1.89. The Bertz CT molecular complexity index is 480. The van der Waals surface area contributed by atoms with Gasteiger partial charge in [-0.2, -0.15) is 0 Å². The van der Waals surface area contributed by atoms with E-state index in [4.69, 9.17) is 0 Å². The lowest BCUT2D eigenvalue weighted by atomic mass is 9.84. The molecule has 104 valence electrons. The van der Waals surface area contributed by atoms with Crippen molar-refractivity contribution < 1.29 is 4.79 Å². The van der Waals surface area contributed by atoms with Gasteiger partial charge in [0.15, 0.2) is 0 Å². The van der Waals surface area contributed by atoms with Crippen LogP contribution in [0.3, 0.4) is 0 Å². The SMILES string of the molecule is CNc1ccc(C(=O)N2CCCC(C)(C)C2)c(C)c1. The average molecular weight is 260 g/mol. The molecule has 1 N–H and O–H groups in total. The number of aryl methyl sites for hydroxylation is 1. The van der Waals surface area contributed by atoms with E-state index in [1.807, 2.05) is 37.1 Å². The van der Waals surface area contributed by atoms with Crippen molar-refractivity contribution in [1.29, 1.82) is 0 Å². The lowest BCUT2D eigenvalue weighted by Crippen LogP contribution is -2.43. The van der Waals surface area contributed by atoms with Gasteiger partial charge in [-0.3, -0.25) is 4.79 Å². The van der Waals surface area contributed by atoms with Crippen LogP contribution in [0.5, 0.6) is 0 Å². The first kappa shape index (κ1) is 13.9. The molecule has 0 spiro atoms. The number of nitrogens with one attached hydrogen (secondary N) is 1. The molecule has 19 heavy (non-hydrogen) atoms. The predicted molar refractivity (Wildman–Crippen MR) is 79.6 cm³/mol. The van der Waals surface area contributed by atoms with Crippen molar-refractivity contribution in [3.63, 3.8) is 0 Å². The van der Waals surface area contributed by atoms with E-state index in [0.29, 0.717) is 0 Å². The molecule has 0 saturated carbocycles.